The SMILES string of the molecule is CC(C)N[C@@H](CC(F)F)C(=O)NC(CC(F)F)C(=O)C(=O)O. The summed E-state index contributed by atoms with van der Waals surface area (Å²) in [6.07, 6.45) is -7.99. The van der Waals surface area contributed by atoms with Crippen molar-refractivity contribution < 1.29 is 37.1 Å². The summed E-state index contributed by atoms with van der Waals surface area (Å²) in [7, 11) is 0. The smallest absolute Gasteiger partial charge is 0.374 e. The molecule has 0 aromatic heterocycles. The zero-order valence-corrected chi connectivity index (χ0v) is 12.0. The van der Waals surface area contributed by atoms with Crippen molar-refractivity contribution in [3.8, 4) is 0 Å². The van der Waals surface area contributed by atoms with Crippen molar-refractivity contribution in [2.75, 3.05) is 0 Å². The van der Waals surface area contributed by atoms with Crippen LogP contribution in [0.5, 0.6) is 0 Å². The van der Waals surface area contributed by atoms with E-state index in [0.29, 0.717) is 0 Å². The highest BCUT2D eigenvalue weighted by molar-refractivity contribution is 6.35. The first-order chi connectivity index (χ1) is 10.0. The molecule has 0 aromatic carbocycles. The molecule has 0 spiro atoms. The van der Waals surface area contributed by atoms with Crippen LogP contribution in [-0.4, -0.2) is 53.7 Å². The van der Waals surface area contributed by atoms with Gasteiger partial charge in [-0.1, -0.05) is 13.8 Å². The monoisotopic (exact) mass is 330 g/mol. The van der Waals surface area contributed by atoms with Crippen LogP contribution in [-0.2, 0) is 14.4 Å². The molecular weight excluding hydrogens is 312 g/mol. The molecule has 1 amide bonds. The second-order valence-electron chi connectivity index (χ2n) is 4.86. The number of aliphatic carboxylic acids is 1. The molecule has 0 bridgehead atoms. The van der Waals surface area contributed by atoms with Crippen LogP contribution in [0, 0.1) is 0 Å². The molecule has 0 rings (SSSR count). The lowest BCUT2D eigenvalue weighted by atomic mass is 10.1. The molecule has 22 heavy (non-hydrogen) atoms. The minimum absolute atomic E-state index is 0.363. The van der Waals surface area contributed by atoms with E-state index in [1.807, 2.05) is 0 Å². The van der Waals surface area contributed by atoms with Crippen LogP contribution in [0.3, 0.4) is 0 Å². The topological polar surface area (TPSA) is 95.5 Å². The fourth-order valence-corrected chi connectivity index (χ4v) is 1.66. The van der Waals surface area contributed by atoms with Crippen molar-refractivity contribution in [2.24, 2.45) is 0 Å². The number of carboxylic acid groups (broad SMARTS) is 1. The van der Waals surface area contributed by atoms with Gasteiger partial charge in [-0.05, 0) is 0 Å². The van der Waals surface area contributed by atoms with Crippen LogP contribution in [0.15, 0.2) is 0 Å². The second-order valence-corrected chi connectivity index (χ2v) is 4.86. The highest BCUT2D eigenvalue weighted by Crippen LogP contribution is 2.09. The summed E-state index contributed by atoms with van der Waals surface area (Å²) in [5.74, 6) is -4.75. The Morgan fingerprint density at radius 1 is 0.955 bits per heavy atom. The van der Waals surface area contributed by atoms with E-state index in [1.54, 1.807) is 19.2 Å². The zero-order chi connectivity index (χ0) is 17.4. The van der Waals surface area contributed by atoms with Crippen LogP contribution in [0.2, 0.25) is 0 Å². The number of carbonyl (C=O) groups is 3. The number of ketones is 1. The van der Waals surface area contributed by atoms with Crippen molar-refractivity contribution >= 4 is 17.7 Å². The fraction of sp³-hybridized carbons (Fsp3) is 0.750. The molecule has 0 radical (unpaired) electrons. The maximum Gasteiger partial charge on any atom is 0.374 e. The van der Waals surface area contributed by atoms with E-state index >= 15 is 0 Å². The van der Waals surface area contributed by atoms with E-state index in [-0.39, 0.29) is 6.04 Å². The lowest BCUT2D eigenvalue weighted by Crippen LogP contribution is -2.53. The van der Waals surface area contributed by atoms with Crippen molar-refractivity contribution in [3.05, 3.63) is 0 Å². The molecule has 0 heterocycles. The summed E-state index contributed by atoms with van der Waals surface area (Å²) >= 11 is 0. The quantitative estimate of drug-likeness (QED) is 0.407. The van der Waals surface area contributed by atoms with E-state index in [1.165, 1.54) is 0 Å². The van der Waals surface area contributed by atoms with Gasteiger partial charge in [0.25, 0.3) is 5.78 Å². The summed E-state index contributed by atoms with van der Waals surface area (Å²) in [4.78, 5) is 33.6. The van der Waals surface area contributed by atoms with Crippen LogP contribution in [0.1, 0.15) is 26.7 Å². The molecule has 3 N–H and O–H groups in total. The van der Waals surface area contributed by atoms with Gasteiger partial charge in [-0.2, -0.15) is 0 Å². The molecule has 0 aliphatic carbocycles. The Hall–Kier alpha value is -1.71. The molecule has 128 valence electrons. The first kappa shape index (κ1) is 20.3. The molecule has 0 aliphatic rings. The van der Waals surface area contributed by atoms with Crippen molar-refractivity contribution in [3.63, 3.8) is 0 Å². The number of nitrogens with one attached hydrogen (secondary N) is 2. The van der Waals surface area contributed by atoms with Crippen molar-refractivity contribution in [1.82, 2.24) is 10.6 Å². The molecule has 0 aliphatic heterocycles. The number of hydrogen-bond acceptors (Lipinski definition) is 4. The predicted octanol–water partition coefficient (Wildman–Crippen LogP) is 0.802. The first-order valence-corrected chi connectivity index (χ1v) is 6.44. The predicted molar refractivity (Wildman–Crippen MR) is 67.9 cm³/mol. The average molecular weight is 330 g/mol. The average Bonchev–Trinajstić information content (AvgIpc) is 2.34. The second kappa shape index (κ2) is 9.34. The molecule has 0 fully saturated rings. The number of halogens is 4. The van der Waals surface area contributed by atoms with Gasteiger partial charge in [0.15, 0.2) is 0 Å². The number of carboxylic acids is 1. The van der Waals surface area contributed by atoms with E-state index in [9.17, 15) is 31.9 Å². The Morgan fingerprint density at radius 2 is 1.41 bits per heavy atom. The number of Topliss-reactive ketones (excluding diaryl/α,β-unsaturated/α-hetero) is 1. The molecule has 6 nitrogen and oxygen atoms in total. The zero-order valence-electron chi connectivity index (χ0n) is 12.0. The van der Waals surface area contributed by atoms with E-state index < -0.39 is 55.4 Å². The third kappa shape index (κ3) is 7.91. The van der Waals surface area contributed by atoms with Crippen LogP contribution < -0.4 is 10.6 Å². The van der Waals surface area contributed by atoms with Gasteiger partial charge >= 0.3 is 5.97 Å². The van der Waals surface area contributed by atoms with Crippen molar-refractivity contribution in [1.29, 1.82) is 0 Å². The Balaban J connectivity index is 5.01. The van der Waals surface area contributed by atoms with Crippen LogP contribution in [0.25, 0.3) is 0 Å². The van der Waals surface area contributed by atoms with Gasteiger partial charge < -0.3 is 15.7 Å². The highest BCUT2D eigenvalue weighted by Gasteiger charge is 2.32. The van der Waals surface area contributed by atoms with E-state index in [2.05, 4.69) is 5.32 Å². The summed E-state index contributed by atoms with van der Waals surface area (Å²) in [5, 5.41) is 12.8. The number of rotatable bonds is 10. The third-order valence-corrected chi connectivity index (χ3v) is 2.52. The van der Waals surface area contributed by atoms with Gasteiger partial charge in [0.2, 0.25) is 18.8 Å². The van der Waals surface area contributed by atoms with E-state index in [4.69, 9.17) is 5.11 Å². The number of amides is 1. The summed E-state index contributed by atoms with van der Waals surface area (Å²) in [5.41, 5.74) is 0. The van der Waals surface area contributed by atoms with Crippen LogP contribution >= 0.6 is 0 Å². The number of hydrogen-bond donors (Lipinski definition) is 3. The van der Waals surface area contributed by atoms with Gasteiger partial charge in [-0.15, -0.1) is 0 Å². The Kier molecular flexibility index (Phi) is 8.61. The maximum absolute atomic E-state index is 12.4. The lowest BCUT2D eigenvalue weighted by Gasteiger charge is -2.23. The fourth-order valence-electron chi connectivity index (χ4n) is 1.66. The van der Waals surface area contributed by atoms with Crippen LogP contribution in [0.4, 0.5) is 17.6 Å². The van der Waals surface area contributed by atoms with Gasteiger partial charge in [0, 0.05) is 18.9 Å². The molecular formula is C12H18F4N2O4. The number of alkyl halides is 4. The van der Waals surface area contributed by atoms with Gasteiger partial charge in [-0.25, -0.2) is 22.4 Å². The maximum atomic E-state index is 12.4. The molecule has 10 heteroatoms. The largest absolute Gasteiger partial charge is 0.475 e. The summed E-state index contributed by atoms with van der Waals surface area (Å²) < 4.78 is 49.6. The van der Waals surface area contributed by atoms with Gasteiger partial charge in [-0.3, -0.25) is 9.59 Å². The summed E-state index contributed by atoms with van der Waals surface area (Å²) in [6.45, 7) is 3.15. The van der Waals surface area contributed by atoms with Gasteiger partial charge in [0.05, 0.1) is 6.04 Å². The van der Waals surface area contributed by atoms with Gasteiger partial charge in [0.1, 0.15) is 6.04 Å². The Labute approximate surface area is 124 Å². The first-order valence-electron chi connectivity index (χ1n) is 6.44. The minimum Gasteiger partial charge on any atom is -0.475 e. The third-order valence-electron chi connectivity index (χ3n) is 2.52. The Morgan fingerprint density at radius 3 is 1.77 bits per heavy atom. The minimum atomic E-state index is -3.04. The normalized spacial score (nSPS) is 14.2. The molecule has 2 atom stereocenters. The standard InChI is InChI=1S/C12H18F4N2O4/c1-5(2)17-7(4-9(15)16)11(20)18-6(3-8(13)14)10(19)12(21)22/h5-9,17H,3-4H2,1-2H3,(H,18,20)(H,21,22)/t6?,7-/m0/s1. The number of carbonyl (C=O) groups excluding carboxylic acids is 2. The van der Waals surface area contributed by atoms with Crippen molar-refractivity contribution in [2.45, 2.75) is 57.7 Å². The molecule has 0 saturated heterocycles. The summed E-state index contributed by atoms with van der Waals surface area (Å²) in [6, 6.07) is -3.76. The lowest BCUT2D eigenvalue weighted by molar-refractivity contribution is -0.151. The molecule has 1 unspecified atom stereocenters. The van der Waals surface area contributed by atoms with E-state index in [0.717, 1.165) is 0 Å². The molecule has 0 aromatic rings. The highest BCUT2D eigenvalue weighted by atomic mass is 19.3. The Bertz CT molecular complexity index is 395. The molecule has 0 saturated carbocycles.